The molecule has 1 saturated heterocycles. The van der Waals surface area contributed by atoms with Gasteiger partial charge in [-0.3, -0.25) is 4.79 Å². The standard InChI is InChI=1S/C20H20N2O3S/c1-15-5-2-3-7-18(15)21-10-12-22(13-11-21)20(23)17-6-4-8-19-16(17)9-14-26(19,24)25/h2-9,14H,10-13H2,1H3. The SMILES string of the molecule is Cc1ccccc1N1CCN(C(=O)c2cccc3c2C=CS3(=O)=O)CC1. The molecule has 1 amide bonds. The van der Waals surface area contributed by atoms with Crippen LogP contribution in [0.3, 0.4) is 0 Å². The predicted molar refractivity (Wildman–Crippen MR) is 102 cm³/mol. The lowest BCUT2D eigenvalue weighted by atomic mass is 10.1. The maximum Gasteiger partial charge on any atom is 0.254 e. The molecule has 2 aromatic rings. The van der Waals surface area contributed by atoms with Gasteiger partial charge in [0.15, 0.2) is 9.84 Å². The van der Waals surface area contributed by atoms with Crippen molar-refractivity contribution in [2.45, 2.75) is 11.8 Å². The molecule has 2 aromatic carbocycles. The Balaban J connectivity index is 1.53. The van der Waals surface area contributed by atoms with E-state index in [2.05, 4.69) is 24.0 Å². The van der Waals surface area contributed by atoms with Crippen LogP contribution in [-0.2, 0) is 9.84 Å². The van der Waals surface area contributed by atoms with E-state index in [1.54, 1.807) is 18.2 Å². The highest BCUT2D eigenvalue weighted by atomic mass is 32.2. The molecule has 0 aromatic heterocycles. The van der Waals surface area contributed by atoms with Gasteiger partial charge in [-0.05, 0) is 36.8 Å². The van der Waals surface area contributed by atoms with Crippen molar-refractivity contribution < 1.29 is 13.2 Å². The van der Waals surface area contributed by atoms with Crippen molar-refractivity contribution in [1.29, 1.82) is 0 Å². The van der Waals surface area contributed by atoms with Gasteiger partial charge in [0.1, 0.15) is 0 Å². The number of sulfone groups is 1. The van der Waals surface area contributed by atoms with Crippen molar-refractivity contribution in [2.75, 3.05) is 31.1 Å². The lowest BCUT2D eigenvalue weighted by molar-refractivity contribution is 0.0746. The molecule has 0 bridgehead atoms. The number of nitrogens with zero attached hydrogens (tertiary/aromatic N) is 2. The van der Waals surface area contributed by atoms with Crippen molar-refractivity contribution in [1.82, 2.24) is 4.90 Å². The van der Waals surface area contributed by atoms with Gasteiger partial charge < -0.3 is 9.80 Å². The van der Waals surface area contributed by atoms with Crippen LogP contribution < -0.4 is 4.90 Å². The zero-order chi connectivity index (χ0) is 18.3. The Labute approximate surface area is 153 Å². The summed E-state index contributed by atoms with van der Waals surface area (Å²) in [5.74, 6) is -0.104. The number of carbonyl (C=O) groups excluding carboxylic acids is 1. The molecular formula is C20H20N2O3S. The van der Waals surface area contributed by atoms with Crippen molar-refractivity contribution >= 4 is 27.5 Å². The number of hydrogen-bond acceptors (Lipinski definition) is 4. The zero-order valence-corrected chi connectivity index (χ0v) is 15.4. The van der Waals surface area contributed by atoms with Crippen molar-refractivity contribution in [2.24, 2.45) is 0 Å². The number of fused-ring (bicyclic) bond motifs is 1. The third kappa shape index (κ3) is 2.80. The molecule has 134 valence electrons. The third-order valence-corrected chi connectivity index (χ3v) is 6.50. The first kappa shape index (κ1) is 16.8. The Morgan fingerprint density at radius 3 is 2.42 bits per heavy atom. The molecule has 0 N–H and O–H groups in total. The molecule has 6 heteroatoms. The predicted octanol–water partition coefficient (Wildman–Crippen LogP) is 2.72. The van der Waals surface area contributed by atoms with Crippen LogP contribution in [0.5, 0.6) is 0 Å². The van der Waals surface area contributed by atoms with Crippen LogP contribution in [0.15, 0.2) is 52.8 Å². The average molecular weight is 368 g/mol. The number of para-hydroxylation sites is 1. The second-order valence-corrected chi connectivity index (χ2v) is 8.43. The molecular weight excluding hydrogens is 348 g/mol. The normalized spacial score (nSPS) is 18.0. The molecule has 26 heavy (non-hydrogen) atoms. The molecule has 0 unspecified atom stereocenters. The summed E-state index contributed by atoms with van der Waals surface area (Å²) in [6.45, 7) is 4.85. The zero-order valence-electron chi connectivity index (χ0n) is 14.6. The van der Waals surface area contributed by atoms with E-state index in [4.69, 9.17) is 0 Å². The van der Waals surface area contributed by atoms with Gasteiger partial charge in [-0.25, -0.2) is 8.42 Å². The summed E-state index contributed by atoms with van der Waals surface area (Å²) >= 11 is 0. The minimum absolute atomic E-state index is 0.104. The van der Waals surface area contributed by atoms with Crippen LogP contribution in [0, 0.1) is 6.92 Å². The van der Waals surface area contributed by atoms with Crippen LogP contribution in [-0.4, -0.2) is 45.4 Å². The number of benzene rings is 2. The molecule has 2 aliphatic heterocycles. The minimum Gasteiger partial charge on any atom is -0.368 e. The molecule has 1 fully saturated rings. The Hall–Kier alpha value is -2.60. The molecule has 0 atom stereocenters. The van der Waals surface area contributed by atoms with Gasteiger partial charge in [-0.2, -0.15) is 0 Å². The van der Waals surface area contributed by atoms with Crippen LogP contribution in [0.1, 0.15) is 21.5 Å². The Kier molecular flexibility index (Phi) is 4.07. The third-order valence-electron chi connectivity index (χ3n) is 5.04. The van der Waals surface area contributed by atoms with Crippen LogP contribution in [0.4, 0.5) is 5.69 Å². The van der Waals surface area contributed by atoms with Gasteiger partial charge >= 0.3 is 0 Å². The Bertz CT molecular complexity index is 1000. The van der Waals surface area contributed by atoms with E-state index in [1.807, 2.05) is 17.0 Å². The topological polar surface area (TPSA) is 57.7 Å². The quantitative estimate of drug-likeness (QED) is 0.818. The Morgan fingerprint density at radius 2 is 1.69 bits per heavy atom. The summed E-state index contributed by atoms with van der Waals surface area (Å²) in [5.41, 5.74) is 3.40. The van der Waals surface area contributed by atoms with Crippen molar-refractivity contribution in [3.8, 4) is 0 Å². The van der Waals surface area contributed by atoms with E-state index in [0.29, 0.717) is 24.2 Å². The van der Waals surface area contributed by atoms with Crippen molar-refractivity contribution in [3.05, 3.63) is 64.6 Å². The summed E-state index contributed by atoms with van der Waals surface area (Å²) < 4.78 is 24.0. The van der Waals surface area contributed by atoms with Gasteiger partial charge in [0, 0.05) is 48.4 Å². The van der Waals surface area contributed by atoms with Crippen molar-refractivity contribution in [3.63, 3.8) is 0 Å². The van der Waals surface area contributed by atoms with E-state index in [9.17, 15) is 13.2 Å². The number of anilines is 1. The lowest BCUT2D eigenvalue weighted by Crippen LogP contribution is -2.49. The largest absolute Gasteiger partial charge is 0.368 e. The van der Waals surface area contributed by atoms with Gasteiger partial charge in [0.05, 0.1) is 4.90 Å². The highest BCUT2D eigenvalue weighted by Gasteiger charge is 2.29. The average Bonchev–Trinajstić information content (AvgIpc) is 2.97. The molecule has 2 aliphatic rings. The molecule has 5 nitrogen and oxygen atoms in total. The molecule has 0 spiro atoms. The second-order valence-electron chi connectivity index (χ2n) is 6.63. The van der Waals surface area contributed by atoms with Crippen LogP contribution in [0.25, 0.3) is 6.08 Å². The summed E-state index contributed by atoms with van der Waals surface area (Å²) in [6, 6.07) is 13.1. The number of piperazine rings is 1. The van der Waals surface area contributed by atoms with Crippen LogP contribution in [0.2, 0.25) is 0 Å². The van der Waals surface area contributed by atoms with Gasteiger partial charge in [-0.15, -0.1) is 0 Å². The molecule has 0 radical (unpaired) electrons. The fraction of sp³-hybridized carbons (Fsp3) is 0.250. The highest BCUT2D eigenvalue weighted by molar-refractivity contribution is 7.94. The fourth-order valence-corrected chi connectivity index (χ4v) is 4.84. The molecule has 0 saturated carbocycles. The van der Waals surface area contributed by atoms with Gasteiger partial charge in [0.25, 0.3) is 5.91 Å². The highest BCUT2D eigenvalue weighted by Crippen LogP contribution is 2.30. The van der Waals surface area contributed by atoms with Gasteiger partial charge in [-0.1, -0.05) is 24.3 Å². The Morgan fingerprint density at radius 1 is 0.962 bits per heavy atom. The first-order valence-corrected chi connectivity index (χ1v) is 10.2. The summed E-state index contributed by atoms with van der Waals surface area (Å²) in [4.78, 5) is 17.3. The second kappa shape index (κ2) is 6.29. The fourth-order valence-electron chi connectivity index (χ4n) is 3.62. The first-order valence-electron chi connectivity index (χ1n) is 8.63. The smallest absolute Gasteiger partial charge is 0.254 e. The maximum atomic E-state index is 13.0. The number of carbonyl (C=O) groups is 1. The lowest BCUT2D eigenvalue weighted by Gasteiger charge is -2.37. The summed E-state index contributed by atoms with van der Waals surface area (Å²) in [5, 5.41) is 1.17. The van der Waals surface area contributed by atoms with Crippen LogP contribution >= 0.6 is 0 Å². The number of amides is 1. The van der Waals surface area contributed by atoms with E-state index >= 15 is 0 Å². The molecule has 4 rings (SSSR count). The molecule has 0 aliphatic carbocycles. The molecule has 2 heterocycles. The number of aryl methyl sites for hydroxylation is 1. The summed E-state index contributed by atoms with van der Waals surface area (Å²) in [6.07, 6.45) is 1.53. The summed E-state index contributed by atoms with van der Waals surface area (Å²) in [7, 11) is -3.40. The van der Waals surface area contributed by atoms with E-state index < -0.39 is 9.84 Å². The number of rotatable bonds is 2. The van der Waals surface area contributed by atoms with E-state index in [1.165, 1.54) is 22.7 Å². The monoisotopic (exact) mass is 368 g/mol. The number of hydrogen-bond donors (Lipinski definition) is 0. The van der Waals surface area contributed by atoms with E-state index in [0.717, 1.165) is 13.1 Å². The maximum absolute atomic E-state index is 13.0. The van der Waals surface area contributed by atoms with E-state index in [-0.39, 0.29) is 10.8 Å². The van der Waals surface area contributed by atoms with Gasteiger partial charge in [0.2, 0.25) is 0 Å². The minimum atomic E-state index is -3.40. The first-order chi connectivity index (χ1) is 12.5.